The van der Waals surface area contributed by atoms with Gasteiger partial charge in [0.25, 0.3) is 11.5 Å². The largest absolute Gasteiger partial charge is 0.467 e. The van der Waals surface area contributed by atoms with Crippen molar-refractivity contribution in [2.75, 3.05) is 7.11 Å². The number of aryl methyl sites for hydroxylation is 1. The van der Waals surface area contributed by atoms with Gasteiger partial charge in [0.15, 0.2) is 0 Å². The predicted octanol–water partition coefficient (Wildman–Crippen LogP) is 0.869. The van der Waals surface area contributed by atoms with Crippen molar-refractivity contribution in [3.63, 3.8) is 0 Å². The Bertz CT molecular complexity index is 617. The standard InChI is InChI=1S/C15H21N3O4/c1-3-10-18-12(19)7-6-11(17-18)13(20)16-15(14(21)22-2)8-4-5-9-15/h6-7H,3-5,8-10H2,1-2H3,(H,16,20). The fraction of sp³-hybridized carbons (Fsp3) is 0.600. The summed E-state index contributed by atoms with van der Waals surface area (Å²) in [6.45, 7) is 2.37. The second-order valence-corrected chi connectivity index (χ2v) is 5.51. The molecule has 1 fully saturated rings. The van der Waals surface area contributed by atoms with Crippen LogP contribution >= 0.6 is 0 Å². The third-order valence-corrected chi connectivity index (χ3v) is 3.92. The lowest BCUT2D eigenvalue weighted by Gasteiger charge is -2.26. The van der Waals surface area contributed by atoms with Crippen LogP contribution in [0.5, 0.6) is 0 Å². The van der Waals surface area contributed by atoms with Crippen molar-refractivity contribution in [1.29, 1.82) is 0 Å². The van der Waals surface area contributed by atoms with Gasteiger partial charge in [-0.05, 0) is 25.3 Å². The lowest BCUT2D eigenvalue weighted by atomic mass is 9.97. The summed E-state index contributed by atoms with van der Waals surface area (Å²) in [5.74, 6) is -0.891. The highest BCUT2D eigenvalue weighted by Gasteiger charge is 2.43. The van der Waals surface area contributed by atoms with Crippen LogP contribution in [0.15, 0.2) is 16.9 Å². The molecule has 1 saturated carbocycles. The fourth-order valence-corrected chi connectivity index (χ4v) is 2.78. The molecule has 0 bridgehead atoms. The van der Waals surface area contributed by atoms with Gasteiger partial charge in [-0.1, -0.05) is 19.8 Å². The van der Waals surface area contributed by atoms with E-state index in [4.69, 9.17) is 4.74 Å². The highest BCUT2D eigenvalue weighted by Crippen LogP contribution is 2.31. The van der Waals surface area contributed by atoms with Crippen LogP contribution in [0.2, 0.25) is 0 Å². The second-order valence-electron chi connectivity index (χ2n) is 5.51. The Kier molecular flexibility index (Phi) is 4.95. The Morgan fingerprint density at radius 1 is 1.36 bits per heavy atom. The molecule has 0 spiro atoms. The molecule has 120 valence electrons. The van der Waals surface area contributed by atoms with Gasteiger partial charge < -0.3 is 10.1 Å². The number of aromatic nitrogens is 2. The molecule has 7 heteroatoms. The predicted molar refractivity (Wildman–Crippen MR) is 79.5 cm³/mol. The van der Waals surface area contributed by atoms with E-state index in [1.54, 1.807) is 0 Å². The van der Waals surface area contributed by atoms with E-state index in [1.165, 1.54) is 23.9 Å². The van der Waals surface area contributed by atoms with Crippen molar-refractivity contribution in [3.8, 4) is 0 Å². The van der Waals surface area contributed by atoms with Gasteiger partial charge in [0.05, 0.1) is 7.11 Å². The molecule has 0 saturated heterocycles. The molecule has 1 N–H and O–H groups in total. The molecule has 1 amide bonds. The maximum atomic E-state index is 12.4. The molecule has 1 heterocycles. The summed E-state index contributed by atoms with van der Waals surface area (Å²) in [5.41, 5.74) is -1.09. The number of nitrogens with one attached hydrogen (secondary N) is 1. The topological polar surface area (TPSA) is 90.3 Å². The zero-order valence-electron chi connectivity index (χ0n) is 12.9. The number of ether oxygens (including phenoxy) is 1. The van der Waals surface area contributed by atoms with Crippen molar-refractivity contribution < 1.29 is 14.3 Å². The first-order chi connectivity index (χ1) is 10.5. The molecular weight excluding hydrogens is 286 g/mol. The van der Waals surface area contributed by atoms with Crippen molar-refractivity contribution >= 4 is 11.9 Å². The quantitative estimate of drug-likeness (QED) is 0.815. The molecule has 1 aliphatic rings. The first-order valence-corrected chi connectivity index (χ1v) is 7.51. The molecule has 0 radical (unpaired) electrons. The highest BCUT2D eigenvalue weighted by molar-refractivity contribution is 5.96. The van der Waals surface area contributed by atoms with Gasteiger partial charge in [0.2, 0.25) is 0 Å². The van der Waals surface area contributed by atoms with Gasteiger partial charge >= 0.3 is 5.97 Å². The Labute approximate surface area is 128 Å². The average Bonchev–Trinajstić information content (AvgIpc) is 2.98. The zero-order chi connectivity index (χ0) is 16.2. The Morgan fingerprint density at radius 2 is 2.05 bits per heavy atom. The summed E-state index contributed by atoms with van der Waals surface area (Å²) in [6.07, 6.45) is 3.57. The molecule has 1 aliphatic carbocycles. The molecule has 0 aliphatic heterocycles. The summed E-state index contributed by atoms with van der Waals surface area (Å²) < 4.78 is 6.08. The molecule has 0 aromatic carbocycles. The van der Waals surface area contributed by atoms with Gasteiger partial charge in [-0.2, -0.15) is 5.10 Å². The number of amides is 1. The van der Waals surface area contributed by atoms with E-state index < -0.39 is 17.4 Å². The van der Waals surface area contributed by atoms with Crippen molar-refractivity contribution in [2.45, 2.75) is 51.1 Å². The minimum atomic E-state index is -0.973. The van der Waals surface area contributed by atoms with Gasteiger partial charge in [0.1, 0.15) is 11.2 Å². The van der Waals surface area contributed by atoms with Crippen LogP contribution in [0, 0.1) is 0 Å². The normalized spacial score (nSPS) is 16.3. The molecular formula is C15H21N3O4. The van der Waals surface area contributed by atoms with Crippen LogP contribution in [0.4, 0.5) is 0 Å². The highest BCUT2D eigenvalue weighted by atomic mass is 16.5. The first kappa shape index (κ1) is 16.2. The van der Waals surface area contributed by atoms with E-state index in [2.05, 4.69) is 10.4 Å². The summed E-state index contributed by atoms with van der Waals surface area (Å²) in [6, 6.07) is 2.70. The zero-order valence-corrected chi connectivity index (χ0v) is 12.9. The van der Waals surface area contributed by atoms with Crippen LogP contribution in [0.3, 0.4) is 0 Å². The number of rotatable bonds is 5. The second kappa shape index (κ2) is 6.72. The number of carbonyl (C=O) groups excluding carboxylic acids is 2. The van der Waals surface area contributed by atoms with E-state index in [0.29, 0.717) is 19.4 Å². The molecule has 1 aromatic heterocycles. The minimum Gasteiger partial charge on any atom is -0.467 e. The Balaban J connectivity index is 2.22. The third-order valence-electron chi connectivity index (χ3n) is 3.92. The number of nitrogens with zero attached hydrogens (tertiary/aromatic N) is 2. The summed E-state index contributed by atoms with van der Waals surface area (Å²) in [5, 5.41) is 6.82. The number of esters is 1. The van der Waals surface area contributed by atoms with Crippen molar-refractivity contribution in [3.05, 3.63) is 28.2 Å². The van der Waals surface area contributed by atoms with Gasteiger partial charge in [-0.15, -0.1) is 0 Å². The van der Waals surface area contributed by atoms with Crippen LogP contribution < -0.4 is 10.9 Å². The van der Waals surface area contributed by atoms with Gasteiger partial charge in [0, 0.05) is 12.6 Å². The Hall–Kier alpha value is -2.18. The maximum absolute atomic E-state index is 12.4. The van der Waals surface area contributed by atoms with Crippen LogP contribution in [-0.2, 0) is 16.1 Å². The Morgan fingerprint density at radius 3 is 2.64 bits per heavy atom. The maximum Gasteiger partial charge on any atom is 0.331 e. The molecule has 1 aromatic rings. The number of hydrogen-bond acceptors (Lipinski definition) is 5. The van der Waals surface area contributed by atoms with Crippen molar-refractivity contribution in [2.24, 2.45) is 0 Å². The fourth-order valence-electron chi connectivity index (χ4n) is 2.78. The SMILES string of the molecule is CCCn1nc(C(=O)NC2(C(=O)OC)CCCC2)ccc1=O. The summed E-state index contributed by atoms with van der Waals surface area (Å²) >= 11 is 0. The van der Waals surface area contributed by atoms with Crippen LogP contribution in [-0.4, -0.2) is 34.3 Å². The molecule has 0 unspecified atom stereocenters. The summed E-state index contributed by atoms with van der Waals surface area (Å²) in [7, 11) is 1.31. The van der Waals surface area contributed by atoms with E-state index in [-0.39, 0.29) is 11.3 Å². The molecule has 22 heavy (non-hydrogen) atoms. The number of hydrogen-bond donors (Lipinski definition) is 1. The van der Waals surface area contributed by atoms with E-state index in [9.17, 15) is 14.4 Å². The number of methoxy groups -OCH3 is 1. The molecule has 7 nitrogen and oxygen atoms in total. The molecule has 2 rings (SSSR count). The van der Waals surface area contributed by atoms with Gasteiger partial charge in [-0.25, -0.2) is 9.48 Å². The molecule has 0 atom stereocenters. The van der Waals surface area contributed by atoms with Crippen LogP contribution in [0.25, 0.3) is 0 Å². The number of carbonyl (C=O) groups is 2. The first-order valence-electron chi connectivity index (χ1n) is 7.51. The lowest BCUT2D eigenvalue weighted by Crippen LogP contribution is -2.53. The average molecular weight is 307 g/mol. The lowest BCUT2D eigenvalue weighted by molar-refractivity contribution is -0.148. The van der Waals surface area contributed by atoms with E-state index in [1.807, 2.05) is 6.92 Å². The minimum absolute atomic E-state index is 0.128. The smallest absolute Gasteiger partial charge is 0.331 e. The van der Waals surface area contributed by atoms with Gasteiger partial charge in [-0.3, -0.25) is 9.59 Å². The van der Waals surface area contributed by atoms with Crippen molar-refractivity contribution in [1.82, 2.24) is 15.1 Å². The monoisotopic (exact) mass is 307 g/mol. The van der Waals surface area contributed by atoms with Crippen LogP contribution in [0.1, 0.15) is 49.5 Å². The van der Waals surface area contributed by atoms with E-state index >= 15 is 0 Å². The van der Waals surface area contributed by atoms with E-state index in [0.717, 1.165) is 19.3 Å². The third kappa shape index (κ3) is 3.18. The summed E-state index contributed by atoms with van der Waals surface area (Å²) in [4.78, 5) is 36.1.